The average Bonchev–Trinajstić information content (AvgIpc) is 3.06. The van der Waals surface area contributed by atoms with Crippen molar-refractivity contribution < 1.29 is 23.5 Å². The third-order valence-electron chi connectivity index (χ3n) is 3.84. The number of carboxylic acid groups (broad SMARTS) is 1. The number of rotatable bonds is 4. The monoisotopic (exact) mass is 349 g/mol. The molecule has 2 amide bonds. The maximum Gasteiger partial charge on any atom is 0.407 e. The molecule has 25 heavy (non-hydrogen) atoms. The van der Waals surface area contributed by atoms with Crippen LogP contribution in [0.2, 0.25) is 0 Å². The number of aromatic nitrogens is 2. The number of piperidine rings is 1. The summed E-state index contributed by atoms with van der Waals surface area (Å²) in [5.41, 5.74) is 0.152. The first-order valence-corrected chi connectivity index (χ1v) is 7.66. The van der Waals surface area contributed by atoms with Crippen molar-refractivity contribution in [1.82, 2.24) is 20.4 Å². The molecule has 0 unspecified atom stereocenters. The number of amides is 2. The number of carbonyl (C=O) groups is 2. The minimum absolute atomic E-state index is 0.101. The Kier molecular flexibility index (Phi) is 4.78. The second-order valence-electron chi connectivity index (χ2n) is 5.53. The van der Waals surface area contributed by atoms with E-state index in [-0.39, 0.29) is 23.6 Å². The van der Waals surface area contributed by atoms with E-state index in [1.165, 1.54) is 17.0 Å². The Bertz CT molecular complexity index is 773. The van der Waals surface area contributed by atoms with Crippen molar-refractivity contribution in [2.75, 3.05) is 18.4 Å². The van der Waals surface area contributed by atoms with Gasteiger partial charge in [0.1, 0.15) is 5.82 Å². The van der Waals surface area contributed by atoms with Crippen molar-refractivity contribution in [2.24, 2.45) is 0 Å². The van der Waals surface area contributed by atoms with E-state index in [4.69, 9.17) is 9.52 Å². The predicted octanol–water partition coefficient (Wildman–Crippen LogP) is 1.82. The molecule has 0 radical (unpaired) electrons. The number of para-hydroxylation sites is 1. The lowest BCUT2D eigenvalue weighted by Gasteiger charge is -2.30. The van der Waals surface area contributed by atoms with Crippen molar-refractivity contribution in [3.05, 3.63) is 36.0 Å². The van der Waals surface area contributed by atoms with Crippen LogP contribution in [0, 0.1) is 5.82 Å². The number of hydrogen-bond acceptors (Lipinski definition) is 6. The van der Waals surface area contributed by atoms with Gasteiger partial charge in [-0.2, -0.15) is 0 Å². The molecule has 132 valence electrons. The van der Waals surface area contributed by atoms with Crippen LogP contribution < -0.4 is 10.6 Å². The molecule has 1 aliphatic rings. The Morgan fingerprint density at radius 2 is 1.96 bits per heavy atom. The number of benzene rings is 1. The standard InChI is InChI=1S/C15H16FN5O4/c16-10-3-1-2-4-11(10)18-14-20-19-13(25-14)12(22)17-9-5-7-21(8-6-9)15(23)24/h1-4,9H,5-8H2,(H,17,22)(H,18,20)(H,23,24). The highest BCUT2D eigenvalue weighted by Gasteiger charge is 2.25. The van der Waals surface area contributed by atoms with Crippen LogP contribution >= 0.6 is 0 Å². The Balaban J connectivity index is 1.56. The van der Waals surface area contributed by atoms with Crippen molar-refractivity contribution in [2.45, 2.75) is 18.9 Å². The molecule has 1 aromatic carbocycles. The van der Waals surface area contributed by atoms with Crippen LogP contribution in [0.3, 0.4) is 0 Å². The number of hydrogen-bond donors (Lipinski definition) is 3. The van der Waals surface area contributed by atoms with E-state index in [0.29, 0.717) is 25.9 Å². The summed E-state index contributed by atoms with van der Waals surface area (Å²) in [7, 11) is 0. The van der Waals surface area contributed by atoms with Gasteiger partial charge in [-0.15, -0.1) is 5.10 Å². The lowest BCUT2D eigenvalue weighted by atomic mass is 10.1. The molecule has 1 saturated heterocycles. The lowest BCUT2D eigenvalue weighted by molar-refractivity contribution is 0.0874. The van der Waals surface area contributed by atoms with Crippen LogP contribution in [0.15, 0.2) is 28.7 Å². The fourth-order valence-corrected chi connectivity index (χ4v) is 2.51. The Labute approximate surface area is 141 Å². The first-order chi connectivity index (χ1) is 12.0. The summed E-state index contributed by atoms with van der Waals surface area (Å²) in [6.45, 7) is 0.703. The summed E-state index contributed by atoms with van der Waals surface area (Å²) in [4.78, 5) is 24.3. The molecule has 0 saturated carbocycles. The van der Waals surface area contributed by atoms with E-state index < -0.39 is 17.8 Å². The van der Waals surface area contributed by atoms with Gasteiger partial charge in [0.05, 0.1) is 5.69 Å². The van der Waals surface area contributed by atoms with Gasteiger partial charge in [-0.05, 0) is 25.0 Å². The molecule has 0 bridgehead atoms. The lowest BCUT2D eigenvalue weighted by Crippen LogP contribution is -2.46. The van der Waals surface area contributed by atoms with Gasteiger partial charge in [-0.1, -0.05) is 17.2 Å². The minimum Gasteiger partial charge on any atom is -0.465 e. The molecule has 3 rings (SSSR count). The zero-order chi connectivity index (χ0) is 17.8. The van der Waals surface area contributed by atoms with Gasteiger partial charge in [0.2, 0.25) is 0 Å². The molecule has 3 N–H and O–H groups in total. The topological polar surface area (TPSA) is 121 Å². The van der Waals surface area contributed by atoms with E-state index in [2.05, 4.69) is 20.8 Å². The molecule has 1 aliphatic heterocycles. The zero-order valence-corrected chi connectivity index (χ0v) is 13.1. The van der Waals surface area contributed by atoms with E-state index in [1.807, 2.05) is 0 Å². The number of halogens is 1. The van der Waals surface area contributed by atoms with Gasteiger partial charge in [-0.3, -0.25) is 4.79 Å². The quantitative estimate of drug-likeness (QED) is 0.770. The molecule has 0 spiro atoms. The fraction of sp³-hybridized carbons (Fsp3) is 0.333. The Morgan fingerprint density at radius 3 is 2.64 bits per heavy atom. The molecule has 2 heterocycles. The van der Waals surface area contributed by atoms with Crippen molar-refractivity contribution >= 4 is 23.7 Å². The minimum atomic E-state index is -0.967. The average molecular weight is 349 g/mol. The molecule has 10 heteroatoms. The summed E-state index contributed by atoms with van der Waals surface area (Å²) >= 11 is 0. The maximum absolute atomic E-state index is 13.6. The van der Waals surface area contributed by atoms with Gasteiger partial charge >= 0.3 is 23.9 Å². The summed E-state index contributed by atoms with van der Waals surface area (Å²) in [5, 5.41) is 21.5. The number of likely N-dealkylation sites (tertiary alicyclic amines) is 1. The number of anilines is 2. The van der Waals surface area contributed by atoms with Gasteiger partial charge in [-0.25, -0.2) is 9.18 Å². The SMILES string of the molecule is O=C(NC1CCN(C(=O)O)CC1)c1nnc(Nc2ccccc2F)o1. The van der Waals surface area contributed by atoms with Crippen LogP contribution in [0.1, 0.15) is 23.5 Å². The van der Waals surface area contributed by atoms with Crippen LogP contribution in [-0.4, -0.2) is 51.3 Å². The molecule has 1 fully saturated rings. The van der Waals surface area contributed by atoms with Crippen molar-refractivity contribution in [3.8, 4) is 0 Å². The van der Waals surface area contributed by atoms with Crippen LogP contribution in [0.5, 0.6) is 0 Å². The molecule has 2 aromatic rings. The number of carbonyl (C=O) groups excluding carboxylic acids is 1. The van der Waals surface area contributed by atoms with Crippen molar-refractivity contribution in [1.29, 1.82) is 0 Å². The molecule has 9 nitrogen and oxygen atoms in total. The summed E-state index contributed by atoms with van der Waals surface area (Å²) < 4.78 is 18.7. The molecule has 0 atom stereocenters. The second kappa shape index (κ2) is 7.16. The third-order valence-corrected chi connectivity index (χ3v) is 3.84. The predicted molar refractivity (Wildman–Crippen MR) is 84.1 cm³/mol. The van der Waals surface area contributed by atoms with E-state index in [0.717, 1.165) is 0 Å². The van der Waals surface area contributed by atoms with Gasteiger partial charge < -0.3 is 25.1 Å². The highest BCUT2D eigenvalue weighted by molar-refractivity contribution is 5.89. The molecule has 1 aromatic heterocycles. The van der Waals surface area contributed by atoms with Gasteiger partial charge in [0, 0.05) is 19.1 Å². The van der Waals surface area contributed by atoms with E-state index in [9.17, 15) is 14.0 Å². The van der Waals surface area contributed by atoms with Crippen LogP contribution in [0.4, 0.5) is 20.9 Å². The summed E-state index contributed by atoms with van der Waals surface area (Å²) in [5.74, 6) is -1.29. The highest BCUT2D eigenvalue weighted by Crippen LogP contribution is 2.18. The number of nitrogens with one attached hydrogen (secondary N) is 2. The fourth-order valence-electron chi connectivity index (χ4n) is 2.51. The van der Waals surface area contributed by atoms with Crippen LogP contribution in [0.25, 0.3) is 0 Å². The highest BCUT2D eigenvalue weighted by atomic mass is 19.1. The Morgan fingerprint density at radius 1 is 1.24 bits per heavy atom. The summed E-state index contributed by atoms with van der Waals surface area (Å²) in [6, 6.07) is 5.68. The molecular formula is C15H16FN5O4. The third kappa shape index (κ3) is 4.03. The van der Waals surface area contributed by atoms with Gasteiger partial charge in [0.25, 0.3) is 0 Å². The van der Waals surface area contributed by atoms with Gasteiger partial charge in [0.15, 0.2) is 0 Å². The molecule has 0 aliphatic carbocycles. The maximum atomic E-state index is 13.6. The summed E-state index contributed by atoms with van der Waals surface area (Å²) in [6.07, 6.45) is 0.0458. The molecular weight excluding hydrogens is 333 g/mol. The first-order valence-electron chi connectivity index (χ1n) is 7.66. The smallest absolute Gasteiger partial charge is 0.407 e. The second-order valence-corrected chi connectivity index (χ2v) is 5.53. The first kappa shape index (κ1) is 16.7. The van der Waals surface area contributed by atoms with Crippen molar-refractivity contribution in [3.63, 3.8) is 0 Å². The van der Waals surface area contributed by atoms with E-state index >= 15 is 0 Å². The van der Waals surface area contributed by atoms with E-state index in [1.54, 1.807) is 12.1 Å². The Hall–Kier alpha value is -3.17. The van der Waals surface area contributed by atoms with Crippen LogP contribution in [-0.2, 0) is 0 Å². The number of nitrogens with zero attached hydrogens (tertiary/aromatic N) is 3. The normalized spacial score (nSPS) is 15.0. The zero-order valence-electron chi connectivity index (χ0n) is 13.1. The largest absolute Gasteiger partial charge is 0.465 e.